The van der Waals surface area contributed by atoms with Gasteiger partial charge in [0.1, 0.15) is 5.82 Å². The zero-order valence-corrected chi connectivity index (χ0v) is 18.5. The molecule has 168 valence electrons. The summed E-state index contributed by atoms with van der Waals surface area (Å²) in [6.45, 7) is 6.17. The second kappa shape index (κ2) is 10.7. The predicted octanol–water partition coefficient (Wildman–Crippen LogP) is 2.16. The third-order valence-corrected chi connectivity index (χ3v) is 6.69. The van der Waals surface area contributed by atoms with E-state index < -0.39 is 15.8 Å². The maximum Gasteiger partial charge on any atom is 0.409 e. The number of rotatable bonds is 8. The Morgan fingerprint density at radius 1 is 1.10 bits per heavy atom. The lowest BCUT2D eigenvalue weighted by Gasteiger charge is -2.34. The zero-order valence-electron chi connectivity index (χ0n) is 17.7. The van der Waals surface area contributed by atoms with Crippen LogP contribution >= 0.6 is 0 Å². The molecule has 2 amide bonds. The maximum absolute atomic E-state index is 13.0. The second-order valence-electron chi connectivity index (χ2n) is 7.72. The molecule has 8 nitrogen and oxygen atoms in total. The molecule has 10 heteroatoms. The fourth-order valence-electron chi connectivity index (χ4n) is 2.99. The number of ether oxygens (including phenoxy) is 1. The first-order valence-electron chi connectivity index (χ1n) is 10.0. The van der Waals surface area contributed by atoms with Crippen molar-refractivity contribution in [1.82, 2.24) is 14.1 Å². The highest BCUT2D eigenvalue weighted by Crippen LogP contribution is 2.16. The topological polar surface area (TPSA) is 87.2 Å². The molecule has 1 fully saturated rings. The van der Waals surface area contributed by atoms with Gasteiger partial charge in [0.05, 0.1) is 11.5 Å². The van der Waals surface area contributed by atoms with Crippen LogP contribution in [0.4, 0.5) is 9.18 Å². The van der Waals surface area contributed by atoms with Gasteiger partial charge in [-0.3, -0.25) is 4.79 Å². The van der Waals surface area contributed by atoms with Crippen molar-refractivity contribution in [3.05, 3.63) is 30.1 Å². The highest BCUT2D eigenvalue weighted by Gasteiger charge is 2.25. The molecule has 1 aromatic rings. The molecule has 0 radical (unpaired) electrons. The van der Waals surface area contributed by atoms with Crippen LogP contribution in [0, 0.1) is 11.7 Å². The van der Waals surface area contributed by atoms with Crippen molar-refractivity contribution in [2.75, 3.05) is 46.4 Å². The molecule has 0 N–H and O–H groups in total. The average Bonchev–Trinajstić information content (AvgIpc) is 2.72. The first-order chi connectivity index (χ1) is 14.1. The summed E-state index contributed by atoms with van der Waals surface area (Å²) in [7, 11) is -2.29. The van der Waals surface area contributed by atoms with Crippen LogP contribution in [0.2, 0.25) is 0 Å². The van der Waals surface area contributed by atoms with Gasteiger partial charge in [-0.1, -0.05) is 13.8 Å². The molecule has 30 heavy (non-hydrogen) atoms. The minimum Gasteiger partial charge on any atom is -0.449 e. The fourth-order valence-corrected chi connectivity index (χ4v) is 4.19. The van der Waals surface area contributed by atoms with Crippen LogP contribution < -0.4 is 0 Å². The summed E-state index contributed by atoms with van der Waals surface area (Å²) in [6, 6.07) is 4.64. The van der Waals surface area contributed by atoms with Crippen LogP contribution in [-0.2, 0) is 19.6 Å². The van der Waals surface area contributed by atoms with E-state index in [1.54, 1.807) is 9.80 Å². The summed E-state index contributed by atoms with van der Waals surface area (Å²) in [4.78, 5) is 27.7. The third kappa shape index (κ3) is 6.66. The number of hydrogen-bond acceptors (Lipinski definition) is 5. The van der Waals surface area contributed by atoms with Crippen molar-refractivity contribution in [2.45, 2.75) is 31.6 Å². The summed E-state index contributed by atoms with van der Waals surface area (Å²) in [6.07, 6.45) is 0.219. The summed E-state index contributed by atoms with van der Waals surface area (Å²) in [5, 5.41) is 0. The summed E-state index contributed by atoms with van der Waals surface area (Å²) in [5.74, 6) is -0.310. The summed E-state index contributed by atoms with van der Waals surface area (Å²) in [5.41, 5.74) is 0. The van der Waals surface area contributed by atoms with E-state index >= 15 is 0 Å². The quantitative estimate of drug-likeness (QED) is 0.615. The van der Waals surface area contributed by atoms with Crippen molar-refractivity contribution >= 4 is 22.0 Å². The second-order valence-corrected chi connectivity index (χ2v) is 9.77. The third-order valence-electron chi connectivity index (χ3n) is 4.82. The Hall–Kier alpha value is -2.20. The van der Waals surface area contributed by atoms with Crippen LogP contribution in [0.15, 0.2) is 29.2 Å². The van der Waals surface area contributed by atoms with Crippen molar-refractivity contribution in [1.29, 1.82) is 0 Å². The van der Waals surface area contributed by atoms with E-state index in [4.69, 9.17) is 4.74 Å². The number of sulfonamides is 1. The van der Waals surface area contributed by atoms with Gasteiger partial charge in [-0.2, -0.15) is 0 Å². The van der Waals surface area contributed by atoms with Crippen molar-refractivity contribution in [3.63, 3.8) is 0 Å². The van der Waals surface area contributed by atoms with Crippen LogP contribution in [0.5, 0.6) is 0 Å². The molecule has 1 aliphatic heterocycles. The molecular weight excluding hydrogens is 413 g/mol. The highest BCUT2D eigenvalue weighted by atomic mass is 32.2. The van der Waals surface area contributed by atoms with Crippen molar-refractivity contribution < 1.29 is 27.1 Å². The number of amides is 2. The van der Waals surface area contributed by atoms with E-state index in [0.29, 0.717) is 39.2 Å². The number of halogens is 1. The van der Waals surface area contributed by atoms with Gasteiger partial charge in [0, 0.05) is 46.2 Å². The largest absolute Gasteiger partial charge is 0.449 e. The molecule has 2 rings (SSSR count). The molecule has 1 aromatic carbocycles. The van der Waals surface area contributed by atoms with E-state index in [1.807, 2.05) is 13.8 Å². The molecular formula is C20H30FN3O5S. The van der Waals surface area contributed by atoms with Gasteiger partial charge in [0.15, 0.2) is 0 Å². The van der Waals surface area contributed by atoms with Gasteiger partial charge in [-0.25, -0.2) is 21.9 Å². The number of nitrogens with zero attached hydrogens (tertiary/aromatic N) is 3. The summed E-state index contributed by atoms with van der Waals surface area (Å²) < 4.78 is 44.3. The van der Waals surface area contributed by atoms with E-state index in [0.717, 1.165) is 16.4 Å². The Bertz CT molecular complexity index is 821. The highest BCUT2D eigenvalue weighted by molar-refractivity contribution is 7.89. The minimum absolute atomic E-state index is 0.0122. The van der Waals surface area contributed by atoms with E-state index in [1.165, 1.54) is 19.2 Å². The van der Waals surface area contributed by atoms with Crippen LogP contribution in [0.25, 0.3) is 0 Å². The van der Waals surface area contributed by atoms with Gasteiger partial charge in [-0.05, 0) is 36.6 Å². The van der Waals surface area contributed by atoms with Gasteiger partial charge >= 0.3 is 6.09 Å². The molecule has 0 aromatic heterocycles. The number of benzene rings is 1. The molecule has 0 bridgehead atoms. The minimum atomic E-state index is -3.72. The smallest absolute Gasteiger partial charge is 0.409 e. The van der Waals surface area contributed by atoms with Crippen molar-refractivity contribution in [3.8, 4) is 0 Å². The molecule has 0 spiro atoms. The number of piperazine rings is 1. The van der Waals surface area contributed by atoms with E-state index in [2.05, 4.69) is 0 Å². The Kier molecular flexibility index (Phi) is 8.60. The monoisotopic (exact) mass is 443 g/mol. The molecule has 1 aliphatic rings. The van der Waals surface area contributed by atoms with Crippen LogP contribution in [-0.4, -0.2) is 80.9 Å². The maximum atomic E-state index is 13.0. The Morgan fingerprint density at radius 2 is 1.67 bits per heavy atom. The Balaban J connectivity index is 1.74. The van der Waals surface area contributed by atoms with Gasteiger partial charge < -0.3 is 14.5 Å². The van der Waals surface area contributed by atoms with Gasteiger partial charge in [-0.15, -0.1) is 0 Å². The SMILES string of the molecule is CC(C)COC(=O)N1CCN(C(=O)CCCN(C)S(=O)(=O)c2ccc(F)cc2)CC1. The lowest BCUT2D eigenvalue weighted by atomic mass is 10.2. The lowest BCUT2D eigenvalue weighted by molar-refractivity contribution is -0.132. The van der Waals surface area contributed by atoms with Crippen LogP contribution in [0.3, 0.4) is 0 Å². The Morgan fingerprint density at radius 3 is 2.23 bits per heavy atom. The number of carbonyl (C=O) groups is 2. The normalized spacial score (nSPS) is 15.0. The lowest BCUT2D eigenvalue weighted by Crippen LogP contribution is -2.50. The molecule has 0 unspecified atom stereocenters. The van der Waals surface area contributed by atoms with Gasteiger partial charge in [0.2, 0.25) is 15.9 Å². The van der Waals surface area contributed by atoms with Gasteiger partial charge in [0.25, 0.3) is 0 Å². The van der Waals surface area contributed by atoms with Crippen molar-refractivity contribution in [2.24, 2.45) is 5.92 Å². The molecule has 0 atom stereocenters. The van der Waals surface area contributed by atoms with E-state index in [-0.39, 0.29) is 35.8 Å². The first-order valence-corrected chi connectivity index (χ1v) is 11.5. The number of hydrogen-bond donors (Lipinski definition) is 0. The molecule has 1 saturated heterocycles. The predicted molar refractivity (Wildman–Crippen MR) is 110 cm³/mol. The Labute approximate surface area is 177 Å². The molecule has 0 saturated carbocycles. The molecule has 1 heterocycles. The number of carbonyl (C=O) groups excluding carboxylic acids is 2. The molecule has 0 aliphatic carbocycles. The first kappa shape index (κ1) is 24.1. The van der Waals surface area contributed by atoms with Crippen LogP contribution in [0.1, 0.15) is 26.7 Å². The summed E-state index contributed by atoms with van der Waals surface area (Å²) >= 11 is 0. The average molecular weight is 444 g/mol. The van der Waals surface area contributed by atoms with E-state index in [9.17, 15) is 22.4 Å². The standard InChI is InChI=1S/C20H30FN3O5S/c1-16(2)15-29-20(26)24-13-11-23(12-14-24)19(25)5-4-10-22(3)30(27,28)18-8-6-17(21)7-9-18/h6-9,16H,4-5,10-15H2,1-3H3. The zero-order chi connectivity index (χ0) is 22.3. The fraction of sp³-hybridized carbons (Fsp3) is 0.600.